The molecule has 3 rings (SSSR count). The third-order valence-corrected chi connectivity index (χ3v) is 7.29. The van der Waals surface area contributed by atoms with Crippen LogP contribution in [0.1, 0.15) is 23.9 Å². The van der Waals surface area contributed by atoms with E-state index in [0.717, 1.165) is 28.6 Å². The quantitative estimate of drug-likeness (QED) is 0.367. The van der Waals surface area contributed by atoms with Crippen LogP contribution in [0, 0.1) is 25.2 Å². The molecular weight excluding hydrogens is 478 g/mol. The number of hydrogen-bond acceptors (Lipinski definition) is 9. The van der Waals surface area contributed by atoms with E-state index in [-0.39, 0.29) is 21.6 Å². The standard InChI is InChI=1S/C22H23N5O5S2/c1-6-34(29,30)22-25-21(33-26-22)24-20(28)16(12-23)10-15-9-13(2)27(14(15)3)18-8-7-17(31-4)11-19(18)32-5/h7-11H,6H2,1-5H3,(H,24,25,26,28)/b16-10-. The number of anilines is 1. The number of aryl methyl sites for hydroxylation is 1. The zero-order valence-corrected chi connectivity index (χ0v) is 20.9. The summed E-state index contributed by atoms with van der Waals surface area (Å²) in [5.41, 5.74) is 2.92. The maximum Gasteiger partial charge on any atom is 0.268 e. The highest BCUT2D eigenvalue weighted by molar-refractivity contribution is 7.91. The fourth-order valence-corrected chi connectivity index (χ4v) is 4.84. The Bertz CT molecular complexity index is 1410. The molecule has 0 aliphatic rings. The van der Waals surface area contributed by atoms with Gasteiger partial charge in [-0.25, -0.2) is 8.42 Å². The number of sulfone groups is 1. The van der Waals surface area contributed by atoms with E-state index in [9.17, 15) is 18.5 Å². The van der Waals surface area contributed by atoms with Crippen molar-refractivity contribution in [2.45, 2.75) is 25.9 Å². The number of aromatic nitrogens is 3. The minimum absolute atomic E-state index is 0.00776. The lowest BCUT2D eigenvalue weighted by atomic mass is 10.1. The van der Waals surface area contributed by atoms with Gasteiger partial charge in [0, 0.05) is 29.0 Å². The first-order chi connectivity index (χ1) is 16.1. The van der Waals surface area contributed by atoms with Gasteiger partial charge < -0.3 is 14.0 Å². The summed E-state index contributed by atoms with van der Waals surface area (Å²) >= 11 is 0.731. The Hall–Kier alpha value is -3.69. The van der Waals surface area contributed by atoms with Crippen LogP contribution >= 0.6 is 11.5 Å². The molecule has 1 amide bonds. The summed E-state index contributed by atoms with van der Waals surface area (Å²) in [5.74, 6) is 0.378. The van der Waals surface area contributed by atoms with E-state index < -0.39 is 15.7 Å². The fraction of sp³-hybridized carbons (Fsp3) is 0.273. The van der Waals surface area contributed by atoms with Gasteiger partial charge in [-0.15, -0.1) is 0 Å². The molecule has 0 unspecified atom stereocenters. The van der Waals surface area contributed by atoms with Crippen molar-refractivity contribution in [3.8, 4) is 23.3 Å². The molecule has 0 spiro atoms. The SMILES string of the molecule is CCS(=O)(=O)c1nsc(NC(=O)/C(C#N)=C\c2cc(C)n(-c3ccc(OC)cc3OC)c2C)n1. The van der Waals surface area contributed by atoms with E-state index in [1.165, 1.54) is 13.0 Å². The van der Waals surface area contributed by atoms with Gasteiger partial charge in [-0.2, -0.15) is 14.6 Å². The Morgan fingerprint density at radius 3 is 2.62 bits per heavy atom. The van der Waals surface area contributed by atoms with Crippen LogP contribution in [0.25, 0.3) is 11.8 Å². The summed E-state index contributed by atoms with van der Waals surface area (Å²) in [6.45, 7) is 5.24. The molecule has 178 valence electrons. The maximum absolute atomic E-state index is 12.7. The highest BCUT2D eigenvalue weighted by atomic mass is 32.2. The zero-order chi connectivity index (χ0) is 25.0. The molecular formula is C22H23N5O5S2. The molecule has 0 atom stereocenters. The average molecular weight is 502 g/mol. The van der Waals surface area contributed by atoms with Gasteiger partial charge in [-0.05, 0) is 43.7 Å². The van der Waals surface area contributed by atoms with Crippen molar-refractivity contribution < 1.29 is 22.7 Å². The second-order valence-corrected chi connectivity index (χ2v) is 10.0. The second-order valence-electron chi connectivity index (χ2n) is 7.11. The van der Waals surface area contributed by atoms with E-state index in [1.54, 1.807) is 20.3 Å². The molecule has 1 N–H and O–H groups in total. The first kappa shape index (κ1) is 24.9. The van der Waals surface area contributed by atoms with Crippen LogP contribution in [-0.2, 0) is 14.6 Å². The number of nitriles is 1. The van der Waals surface area contributed by atoms with Gasteiger partial charge in [0.2, 0.25) is 15.0 Å². The molecule has 34 heavy (non-hydrogen) atoms. The summed E-state index contributed by atoms with van der Waals surface area (Å²) in [6, 6.07) is 9.18. The molecule has 0 saturated heterocycles. The topological polar surface area (TPSA) is 136 Å². The minimum atomic E-state index is -3.60. The van der Waals surface area contributed by atoms with Crippen molar-refractivity contribution in [1.82, 2.24) is 13.9 Å². The van der Waals surface area contributed by atoms with Crippen molar-refractivity contribution in [2.75, 3.05) is 25.3 Å². The number of rotatable bonds is 8. The van der Waals surface area contributed by atoms with E-state index in [4.69, 9.17) is 9.47 Å². The molecule has 12 heteroatoms. The first-order valence-electron chi connectivity index (χ1n) is 10.1. The van der Waals surface area contributed by atoms with Crippen molar-refractivity contribution in [2.24, 2.45) is 0 Å². The lowest BCUT2D eigenvalue weighted by molar-refractivity contribution is -0.112. The predicted molar refractivity (Wildman–Crippen MR) is 128 cm³/mol. The molecule has 2 heterocycles. The number of carbonyl (C=O) groups is 1. The molecule has 3 aromatic rings. The van der Waals surface area contributed by atoms with Crippen molar-refractivity contribution in [1.29, 1.82) is 5.26 Å². The van der Waals surface area contributed by atoms with E-state index in [2.05, 4.69) is 14.7 Å². The highest BCUT2D eigenvalue weighted by Gasteiger charge is 2.21. The van der Waals surface area contributed by atoms with Gasteiger partial charge in [-0.3, -0.25) is 10.1 Å². The molecule has 0 bridgehead atoms. The van der Waals surface area contributed by atoms with Gasteiger partial charge in [0.1, 0.15) is 23.1 Å². The van der Waals surface area contributed by atoms with Crippen LogP contribution in [0.15, 0.2) is 35.0 Å². The Labute approximate surface area is 201 Å². The predicted octanol–water partition coefficient (Wildman–Crippen LogP) is 3.30. The highest BCUT2D eigenvalue weighted by Crippen LogP contribution is 2.32. The Balaban J connectivity index is 1.93. The summed E-state index contributed by atoms with van der Waals surface area (Å²) in [6.07, 6.45) is 1.47. The lowest BCUT2D eigenvalue weighted by Crippen LogP contribution is -2.14. The molecule has 2 aromatic heterocycles. The molecule has 10 nitrogen and oxygen atoms in total. The van der Waals surface area contributed by atoms with Crippen molar-refractivity contribution in [3.63, 3.8) is 0 Å². The number of ether oxygens (including phenoxy) is 2. The van der Waals surface area contributed by atoms with Gasteiger partial charge in [0.05, 0.1) is 25.7 Å². The molecule has 0 saturated carbocycles. The Morgan fingerprint density at radius 2 is 2.00 bits per heavy atom. The largest absolute Gasteiger partial charge is 0.497 e. The fourth-order valence-electron chi connectivity index (χ4n) is 3.26. The third-order valence-electron chi connectivity index (χ3n) is 5.05. The molecule has 0 fully saturated rings. The van der Waals surface area contributed by atoms with Crippen LogP contribution in [0.5, 0.6) is 11.5 Å². The van der Waals surface area contributed by atoms with Gasteiger partial charge in [0.15, 0.2) is 0 Å². The first-order valence-corrected chi connectivity index (χ1v) is 12.5. The van der Waals surface area contributed by atoms with Crippen LogP contribution in [-0.4, -0.2) is 48.2 Å². The van der Waals surface area contributed by atoms with E-state index >= 15 is 0 Å². The number of methoxy groups -OCH3 is 2. The Kier molecular flexibility index (Phi) is 7.38. The van der Waals surface area contributed by atoms with E-state index in [0.29, 0.717) is 17.1 Å². The second kappa shape index (κ2) is 10.1. The third kappa shape index (κ3) is 4.95. The van der Waals surface area contributed by atoms with E-state index in [1.807, 2.05) is 42.7 Å². The monoisotopic (exact) mass is 501 g/mol. The van der Waals surface area contributed by atoms with Gasteiger partial charge >= 0.3 is 0 Å². The average Bonchev–Trinajstić information content (AvgIpc) is 3.41. The minimum Gasteiger partial charge on any atom is -0.497 e. The number of amides is 1. The maximum atomic E-state index is 12.7. The van der Waals surface area contributed by atoms with Crippen LogP contribution in [0.2, 0.25) is 0 Å². The van der Waals surface area contributed by atoms with Crippen LogP contribution < -0.4 is 14.8 Å². The number of nitrogens with zero attached hydrogens (tertiary/aromatic N) is 4. The lowest BCUT2D eigenvalue weighted by Gasteiger charge is -2.15. The van der Waals surface area contributed by atoms with Gasteiger partial charge in [-0.1, -0.05) is 6.92 Å². The normalized spacial score (nSPS) is 11.7. The number of hydrogen-bond donors (Lipinski definition) is 1. The van der Waals surface area contributed by atoms with Crippen molar-refractivity contribution >= 4 is 38.5 Å². The molecule has 0 radical (unpaired) electrons. The number of carbonyl (C=O) groups excluding carboxylic acids is 1. The van der Waals surface area contributed by atoms with Gasteiger partial charge in [0.25, 0.3) is 11.1 Å². The Morgan fingerprint density at radius 1 is 1.26 bits per heavy atom. The zero-order valence-electron chi connectivity index (χ0n) is 19.2. The van der Waals surface area contributed by atoms with Crippen molar-refractivity contribution in [3.05, 3.63) is 46.8 Å². The summed E-state index contributed by atoms with van der Waals surface area (Å²) in [4.78, 5) is 16.5. The smallest absolute Gasteiger partial charge is 0.268 e. The summed E-state index contributed by atoms with van der Waals surface area (Å²) in [5, 5.41) is 11.7. The number of nitrogens with one attached hydrogen (secondary N) is 1. The summed E-state index contributed by atoms with van der Waals surface area (Å²) < 4.78 is 40.3. The number of benzene rings is 1. The molecule has 0 aliphatic heterocycles. The summed E-state index contributed by atoms with van der Waals surface area (Å²) in [7, 11) is -0.457. The van der Waals surface area contributed by atoms with Crippen LogP contribution in [0.4, 0.5) is 5.13 Å². The molecule has 1 aromatic carbocycles. The van der Waals surface area contributed by atoms with Crippen LogP contribution in [0.3, 0.4) is 0 Å². The molecule has 0 aliphatic carbocycles.